The lowest BCUT2D eigenvalue weighted by atomic mass is 9.91. The van der Waals surface area contributed by atoms with E-state index in [1.807, 2.05) is 4.90 Å². The van der Waals surface area contributed by atoms with Crippen molar-refractivity contribution in [1.29, 1.82) is 5.26 Å². The first-order chi connectivity index (χ1) is 7.72. The number of nitriles is 1. The summed E-state index contributed by atoms with van der Waals surface area (Å²) in [6.45, 7) is 3.95. The van der Waals surface area contributed by atoms with Gasteiger partial charge in [0.2, 0.25) is 5.91 Å². The minimum absolute atomic E-state index is 0.102. The first kappa shape index (κ1) is 11.4. The first-order valence-corrected chi connectivity index (χ1v) is 6.42. The Morgan fingerprint density at radius 3 is 2.50 bits per heavy atom. The lowest BCUT2D eigenvalue weighted by Crippen LogP contribution is -2.42. The number of hydrogen-bond acceptors (Lipinski definition) is 2. The number of likely N-dealkylation sites (tertiary alicyclic amines) is 1. The van der Waals surface area contributed by atoms with Gasteiger partial charge in [-0.05, 0) is 31.6 Å². The maximum Gasteiger partial charge on any atom is 0.243 e. The molecule has 3 nitrogen and oxygen atoms in total. The van der Waals surface area contributed by atoms with Crippen molar-refractivity contribution in [2.45, 2.75) is 45.4 Å². The Morgan fingerprint density at radius 1 is 1.44 bits per heavy atom. The Labute approximate surface area is 97.4 Å². The molecule has 0 radical (unpaired) electrons. The second-order valence-corrected chi connectivity index (χ2v) is 5.22. The normalized spacial score (nSPS) is 23.9. The SMILES string of the molecule is CCCC1CCN(C(=O)C2(C#N)CC2)CC1. The molecule has 0 bridgehead atoms. The molecule has 0 spiro atoms. The van der Waals surface area contributed by atoms with Crippen LogP contribution in [0.2, 0.25) is 0 Å². The average molecular weight is 220 g/mol. The standard InChI is InChI=1S/C13H20N2O/c1-2-3-11-4-8-15(9-5-11)12(16)13(10-14)6-7-13/h11H,2-9H2,1H3. The molecule has 1 saturated heterocycles. The van der Waals surface area contributed by atoms with Crippen LogP contribution in [0.15, 0.2) is 0 Å². The molecule has 1 saturated carbocycles. The van der Waals surface area contributed by atoms with Crippen molar-refractivity contribution in [3.63, 3.8) is 0 Å². The molecule has 1 amide bonds. The third kappa shape index (κ3) is 2.07. The predicted molar refractivity (Wildman–Crippen MR) is 61.5 cm³/mol. The second-order valence-electron chi connectivity index (χ2n) is 5.22. The number of nitrogens with zero attached hydrogens (tertiary/aromatic N) is 2. The molecule has 0 aromatic rings. The molecule has 16 heavy (non-hydrogen) atoms. The molecule has 0 aromatic heterocycles. The van der Waals surface area contributed by atoms with Crippen molar-refractivity contribution in [3.05, 3.63) is 0 Å². The molecule has 88 valence electrons. The Bertz CT molecular complexity index is 306. The van der Waals surface area contributed by atoms with Crippen molar-refractivity contribution >= 4 is 5.91 Å². The largest absolute Gasteiger partial charge is 0.341 e. The lowest BCUT2D eigenvalue weighted by molar-refractivity contribution is -0.136. The van der Waals surface area contributed by atoms with Crippen LogP contribution in [-0.4, -0.2) is 23.9 Å². The third-order valence-corrected chi connectivity index (χ3v) is 3.97. The van der Waals surface area contributed by atoms with Gasteiger partial charge in [0.25, 0.3) is 0 Å². The highest BCUT2D eigenvalue weighted by Crippen LogP contribution is 2.47. The van der Waals surface area contributed by atoms with Crippen LogP contribution in [0, 0.1) is 22.7 Å². The molecule has 2 rings (SSSR count). The molecule has 1 aliphatic carbocycles. The topological polar surface area (TPSA) is 44.1 Å². The fraction of sp³-hybridized carbons (Fsp3) is 0.846. The molecule has 1 aliphatic heterocycles. The molecule has 2 fully saturated rings. The zero-order chi connectivity index (χ0) is 11.6. The van der Waals surface area contributed by atoms with Gasteiger partial charge in [0.15, 0.2) is 0 Å². The van der Waals surface area contributed by atoms with Gasteiger partial charge in [-0.3, -0.25) is 4.79 Å². The number of rotatable bonds is 3. The molecular formula is C13H20N2O. The van der Waals surface area contributed by atoms with Crippen LogP contribution in [0.5, 0.6) is 0 Å². The predicted octanol–water partition coefficient (Wildman–Crippen LogP) is 2.33. The molecule has 0 atom stereocenters. The molecular weight excluding hydrogens is 200 g/mol. The minimum atomic E-state index is -0.613. The van der Waals surface area contributed by atoms with Crippen LogP contribution in [0.4, 0.5) is 0 Å². The van der Waals surface area contributed by atoms with E-state index >= 15 is 0 Å². The lowest BCUT2D eigenvalue weighted by Gasteiger charge is -2.33. The molecule has 0 unspecified atom stereocenters. The average Bonchev–Trinajstić information content (AvgIpc) is 3.10. The highest BCUT2D eigenvalue weighted by molar-refractivity contribution is 5.88. The third-order valence-electron chi connectivity index (χ3n) is 3.97. The van der Waals surface area contributed by atoms with Gasteiger partial charge < -0.3 is 4.90 Å². The number of piperidine rings is 1. The zero-order valence-corrected chi connectivity index (χ0v) is 10.0. The highest BCUT2D eigenvalue weighted by atomic mass is 16.2. The number of carbonyl (C=O) groups is 1. The van der Waals surface area contributed by atoms with Crippen LogP contribution in [0.3, 0.4) is 0 Å². The Morgan fingerprint density at radius 2 is 2.06 bits per heavy atom. The summed E-state index contributed by atoms with van der Waals surface area (Å²) in [6.07, 6.45) is 6.32. The Balaban J connectivity index is 1.85. The van der Waals surface area contributed by atoms with Crippen molar-refractivity contribution in [1.82, 2.24) is 4.90 Å². The van der Waals surface area contributed by atoms with Crippen LogP contribution >= 0.6 is 0 Å². The molecule has 1 heterocycles. The van der Waals surface area contributed by atoms with Gasteiger partial charge in [-0.1, -0.05) is 19.8 Å². The van der Waals surface area contributed by atoms with Gasteiger partial charge in [-0.15, -0.1) is 0 Å². The van der Waals surface area contributed by atoms with Crippen molar-refractivity contribution in [2.75, 3.05) is 13.1 Å². The van der Waals surface area contributed by atoms with Gasteiger partial charge in [0.1, 0.15) is 5.41 Å². The van der Waals surface area contributed by atoms with Gasteiger partial charge in [0, 0.05) is 13.1 Å². The fourth-order valence-corrected chi connectivity index (χ4v) is 2.63. The van der Waals surface area contributed by atoms with E-state index in [0.29, 0.717) is 0 Å². The molecule has 0 aromatic carbocycles. The smallest absolute Gasteiger partial charge is 0.243 e. The number of amides is 1. The van der Waals surface area contributed by atoms with E-state index in [4.69, 9.17) is 5.26 Å². The summed E-state index contributed by atoms with van der Waals surface area (Å²) < 4.78 is 0. The summed E-state index contributed by atoms with van der Waals surface area (Å²) in [6, 6.07) is 2.19. The van der Waals surface area contributed by atoms with Crippen molar-refractivity contribution < 1.29 is 4.79 Å². The second kappa shape index (κ2) is 4.45. The summed E-state index contributed by atoms with van der Waals surface area (Å²) in [5.74, 6) is 0.899. The highest BCUT2D eigenvalue weighted by Gasteiger charge is 2.52. The van der Waals surface area contributed by atoms with Gasteiger partial charge >= 0.3 is 0 Å². The maximum atomic E-state index is 12.1. The molecule has 0 N–H and O–H groups in total. The van der Waals surface area contributed by atoms with Gasteiger partial charge in [-0.25, -0.2) is 0 Å². The van der Waals surface area contributed by atoms with E-state index in [1.165, 1.54) is 12.8 Å². The van der Waals surface area contributed by atoms with Gasteiger partial charge in [-0.2, -0.15) is 5.26 Å². The van der Waals surface area contributed by atoms with Crippen LogP contribution in [0.25, 0.3) is 0 Å². The zero-order valence-electron chi connectivity index (χ0n) is 10.0. The quantitative estimate of drug-likeness (QED) is 0.732. The summed E-state index contributed by atoms with van der Waals surface area (Å²) in [7, 11) is 0. The van der Waals surface area contributed by atoms with E-state index in [-0.39, 0.29) is 5.91 Å². The van der Waals surface area contributed by atoms with E-state index in [0.717, 1.165) is 44.7 Å². The molecule has 2 aliphatic rings. The summed E-state index contributed by atoms with van der Waals surface area (Å²) in [5.41, 5.74) is -0.613. The van der Waals surface area contributed by atoms with Crippen LogP contribution in [0.1, 0.15) is 45.4 Å². The van der Waals surface area contributed by atoms with Crippen molar-refractivity contribution in [3.8, 4) is 6.07 Å². The van der Waals surface area contributed by atoms with Crippen LogP contribution < -0.4 is 0 Å². The van der Waals surface area contributed by atoms with E-state index in [1.54, 1.807) is 0 Å². The van der Waals surface area contributed by atoms with E-state index in [9.17, 15) is 4.79 Å². The maximum absolute atomic E-state index is 12.1. The van der Waals surface area contributed by atoms with Crippen molar-refractivity contribution in [2.24, 2.45) is 11.3 Å². The Kier molecular flexibility index (Phi) is 3.18. The number of hydrogen-bond donors (Lipinski definition) is 0. The Hall–Kier alpha value is -1.04. The van der Waals surface area contributed by atoms with E-state index < -0.39 is 5.41 Å². The molecule has 3 heteroatoms. The summed E-state index contributed by atoms with van der Waals surface area (Å²) >= 11 is 0. The van der Waals surface area contributed by atoms with Gasteiger partial charge in [0.05, 0.1) is 6.07 Å². The van der Waals surface area contributed by atoms with E-state index in [2.05, 4.69) is 13.0 Å². The van der Waals surface area contributed by atoms with Crippen LogP contribution in [-0.2, 0) is 4.79 Å². The monoisotopic (exact) mass is 220 g/mol. The minimum Gasteiger partial charge on any atom is -0.341 e. The number of carbonyl (C=O) groups excluding carboxylic acids is 1. The fourth-order valence-electron chi connectivity index (χ4n) is 2.63. The summed E-state index contributed by atoms with van der Waals surface area (Å²) in [4.78, 5) is 14.0. The first-order valence-electron chi connectivity index (χ1n) is 6.42. The summed E-state index contributed by atoms with van der Waals surface area (Å²) in [5, 5.41) is 9.00.